The summed E-state index contributed by atoms with van der Waals surface area (Å²) in [5.41, 5.74) is 6.11. The summed E-state index contributed by atoms with van der Waals surface area (Å²) in [4.78, 5) is 32.3. The molecule has 9 heteroatoms. The standard InChI is InChI=1S/C18H27FN4O3S/c1-18(2,3)26-17(25)22-14(15(24)23-7-6-11(19)9-23)10-4-5-12-13(8-10)27-16(20)21-12/h10-11,14H,4-9H2,1-3H3,(H2,20,21)(H,22,25)/t10?,11-,14-/m0/s1. The molecule has 0 bridgehead atoms. The number of likely N-dealkylation sites (tertiary alicyclic amines) is 1. The van der Waals surface area contributed by atoms with Crippen molar-refractivity contribution >= 4 is 28.5 Å². The summed E-state index contributed by atoms with van der Waals surface area (Å²) < 4.78 is 18.9. The molecule has 7 nitrogen and oxygen atoms in total. The molecule has 0 spiro atoms. The van der Waals surface area contributed by atoms with Gasteiger partial charge in [0.25, 0.3) is 0 Å². The molecule has 27 heavy (non-hydrogen) atoms. The molecule has 0 radical (unpaired) electrons. The second-order valence-electron chi connectivity index (χ2n) is 8.22. The number of nitrogen functional groups attached to an aromatic ring is 1. The van der Waals surface area contributed by atoms with Gasteiger partial charge in [-0.1, -0.05) is 0 Å². The molecule has 1 saturated heterocycles. The fourth-order valence-corrected chi connectivity index (χ4v) is 4.61. The van der Waals surface area contributed by atoms with Crippen LogP contribution in [0, 0.1) is 5.92 Å². The van der Waals surface area contributed by atoms with Gasteiger partial charge in [0, 0.05) is 11.4 Å². The van der Waals surface area contributed by atoms with Crippen molar-refractivity contribution in [1.29, 1.82) is 0 Å². The average molecular weight is 399 g/mol. The number of aromatic nitrogens is 1. The van der Waals surface area contributed by atoms with Crippen molar-refractivity contribution in [2.75, 3.05) is 18.8 Å². The van der Waals surface area contributed by atoms with Gasteiger partial charge in [0.15, 0.2) is 5.13 Å². The summed E-state index contributed by atoms with van der Waals surface area (Å²) >= 11 is 1.42. The summed E-state index contributed by atoms with van der Waals surface area (Å²) in [5, 5.41) is 3.27. The summed E-state index contributed by atoms with van der Waals surface area (Å²) in [7, 11) is 0. The second-order valence-corrected chi connectivity index (χ2v) is 9.33. The van der Waals surface area contributed by atoms with E-state index < -0.39 is 23.9 Å². The first-order valence-corrected chi connectivity index (χ1v) is 10.1. The summed E-state index contributed by atoms with van der Waals surface area (Å²) in [6.45, 7) is 5.76. The highest BCUT2D eigenvalue weighted by Gasteiger charge is 2.39. The number of hydrogen-bond donors (Lipinski definition) is 2. The Hall–Kier alpha value is -1.90. The fraction of sp³-hybridized carbons (Fsp3) is 0.722. The fourth-order valence-electron chi connectivity index (χ4n) is 3.64. The molecule has 0 saturated carbocycles. The van der Waals surface area contributed by atoms with Gasteiger partial charge in [-0.15, -0.1) is 11.3 Å². The zero-order valence-corrected chi connectivity index (χ0v) is 16.8. The lowest BCUT2D eigenvalue weighted by atomic mass is 9.84. The largest absolute Gasteiger partial charge is 0.444 e. The van der Waals surface area contributed by atoms with E-state index in [9.17, 15) is 14.0 Å². The van der Waals surface area contributed by atoms with Crippen molar-refractivity contribution in [3.05, 3.63) is 10.6 Å². The van der Waals surface area contributed by atoms with E-state index in [0.717, 1.165) is 10.6 Å². The lowest BCUT2D eigenvalue weighted by Gasteiger charge is -2.32. The van der Waals surface area contributed by atoms with Crippen LogP contribution < -0.4 is 11.1 Å². The lowest BCUT2D eigenvalue weighted by molar-refractivity contribution is -0.134. The van der Waals surface area contributed by atoms with Crippen molar-refractivity contribution in [1.82, 2.24) is 15.2 Å². The van der Waals surface area contributed by atoms with E-state index in [2.05, 4.69) is 10.3 Å². The minimum Gasteiger partial charge on any atom is -0.444 e. The maximum atomic E-state index is 13.6. The topological polar surface area (TPSA) is 97.5 Å². The third-order valence-corrected chi connectivity index (χ3v) is 5.80. The Bertz CT molecular complexity index is 718. The minimum atomic E-state index is -1.00. The van der Waals surface area contributed by atoms with Crippen LogP contribution in [0.25, 0.3) is 0 Å². The number of fused-ring (bicyclic) bond motifs is 1. The van der Waals surface area contributed by atoms with E-state index in [1.54, 1.807) is 20.8 Å². The van der Waals surface area contributed by atoms with E-state index in [4.69, 9.17) is 10.5 Å². The molecule has 3 N–H and O–H groups in total. The number of alkyl carbamates (subject to hydrolysis) is 1. The van der Waals surface area contributed by atoms with Gasteiger partial charge in [-0.05, 0) is 52.4 Å². The molecule has 2 amide bonds. The van der Waals surface area contributed by atoms with Crippen molar-refractivity contribution in [3.8, 4) is 0 Å². The number of carbonyl (C=O) groups excluding carboxylic acids is 2. The first-order chi connectivity index (χ1) is 12.6. The Balaban J connectivity index is 1.77. The number of ether oxygens (including phenoxy) is 1. The van der Waals surface area contributed by atoms with E-state index >= 15 is 0 Å². The van der Waals surface area contributed by atoms with Crippen LogP contribution in [-0.2, 0) is 22.4 Å². The van der Waals surface area contributed by atoms with Crippen LogP contribution in [0.15, 0.2) is 0 Å². The van der Waals surface area contributed by atoms with Gasteiger partial charge in [0.1, 0.15) is 17.8 Å². The molecule has 1 aliphatic carbocycles. The molecule has 2 aliphatic rings. The number of nitrogens with one attached hydrogen (secondary N) is 1. The number of alkyl halides is 1. The van der Waals surface area contributed by atoms with Gasteiger partial charge in [0.2, 0.25) is 5.91 Å². The van der Waals surface area contributed by atoms with E-state index in [-0.39, 0.29) is 18.4 Å². The molecule has 1 fully saturated rings. The van der Waals surface area contributed by atoms with Gasteiger partial charge in [-0.3, -0.25) is 4.79 Å². The summed E-state index contributed by atoms with van der Waals surface area (Å²) in [6.07, 6.45) is 0.727. The van der Waals surface area contributed by atoms with Crippen LogP contribution in [0.3, 0.4) is 0 Å². The monoisotopic (exact) mass is 398 g/mol. The molecular formula is C18H27FN4O3S. The normalized spacial score (nSPS) is 23.6. The Morgan fingerprint density at radius 3 is 2.78 bits per heavy atom. The molecular weight excluding hydrogens is 371 g/mol. The van der Waals surface area contributed by atoms with Crippen LogP contribution >= 0.6 is 11.3 Å². The number of aryl methyl sites for hydroxylation is 1. The van der Waals surface area contributed by atoms with E-state index in [0.29, 0.717) is 37.4 Å². The highest BCUT2D eigenvalue weighted by atomic mass is 32.1. The van der Waals surface area contributed by atoms with Crippen molar-refractivity contribution in [2.24, 2.45) is 5.92 Å². The number of anilines is 1. The maximum absolute atomic E-state index is 13.6. The Kier molecular flexibility index (Phi) is 5.60. The van der Waals surface area contributed by atoms with Crippen LogP contribution in [-0.4, -0.2) is 52.8 Å². The molecule has 1 aromatic rings. The highest BCUT2D eigenvalue weighted by Crippen LogP contribution is 2.33. The van der Waals surface area contributed by atoms with Crippen molar-refractivity contribution in [3.63, 3.8) is 0 Å². The molecule has 1 aliphatic heterocycles. The molecule has 2 heterocycles. The number of carbonyl (C=O) groups is 2. The quantitative estimate of drug-likeness (QED) is 0.814. The number of hydrogen-bond acceptors (Lipinski definition) is 6. The molecule has 1 unspecified atom stereocenters. The van der Waals surface area contributed by atoms with Crippen molar-refractivity contribution in [2.45, 2.75) is 64.3 Å². The molecule has 1 aromatic heterocycles. The van der Waals surface area contributed by atoms with Crippen LogP contribution in [0.5, 0.6) is 0 Å². The predicted molar refractivity (Wildman–Crippen MR) is 101 cm³/mol. The first-order valence-electron chi connectivity index (χ1n) is 9.29. The van der Waals surface area contributed by atoms with Crippen LogP contribution in [0.2, 0.25) is 0 Å². The third kappa shape index (κ3) is 4.88. The number of halogens is 1. The summed E-state index contributed by atoms with van der Waals surface area (Å²) in [5.74, 6) is -0.344. The second kappa shape index (κ2) is 7.61. The van der Waals surface area contributed by atoms with Crippen molar-refractivity contribution < 1.29 is 18.7 Å². The van der Waals surface area contributed by atoms with E-state index in [1.807, 2.05) is 0 Å². The number of nitrogens with zero attached hydrogens (tertiary/aromatic N) is 2. The van der Waals surface area contributed by atoms with E-state index in [1.165, 1.54) is 16.2 Å². The van der Waals surface area contributed by atoms with Gasteiger partial charge >= 0.3 is 6.09 Å². The van der Waals surface area contributed by atoms with Gasteiger partial charge < -0.3 is 20.7 Å². The highest BCUT2D eigenvalue weighted by molar-refractivity contribution is 7.15. The zero-order chi connectivity index (χ0) is 19.8. The Morgan fingerprint density at radius 1 is 1.41 bits per heavy atom. The SMILES string of the molecule is CC(C)(C)OC(=O)N[C@H](C(=O)N1CC[C@H](F)C1)C1CCc2nc(N)sc2C1. The van der Waals surface area contributed by atoms with Crippen LogP contribution in [0.1, 0.15) is 44.2 Å². The lowest BCUT2D eigenvalue weighted by Crippen LogP contribution is -2.53. The smallest absolute Gasteiger partial charge is 0.408 e. The molecule has 150 valence electrons. The van der Waals surface area contributed by atoms with Gasteiger partial charge in [-0.25, -0.2) is 14.2 Å². The molecule has 3 atom stereocenters. The average Bonchev–Trinajstić information content (AvgIpc) is 3.14. The van der Waals surface area contributed by atoms with Gasteiger partial charge in [-0.2, -0.15) is 0 Å². The van der Waals surface area contributed by atoms with Gasteiger partial charge in [0.05, 0.1) is 12.2 Å². The maximum Gasteiger partial charge on any atom is 0.408 e. The van der Waals surface area contributed by atoms with Crippen LogP contribution in [0.4, 0.5) is 14.3 Å². The number of nitrogens with two attached hydrogens (primary N) is 1. The zero-order valence-electron chi connectivity index (χ0n) is 16.0. The number of amides is 2. The Morgan fingerprint density at radius 2 is 2.15 bits per heavy atom. The number of thiazole rings is 1. The minimum absolute atomic E-state index is 0.0802. The molecule has 3 rings (SSSR count). The Labute approximate surface area is 162 Å². The summed E-state index contributed by atoms with van der Waals surface area (Å²) in [6, 6.07) is -0.748. The molecule has 0 aromatic carbocycles. The first kappa shape index (κ1) is 19.9. The predicted octanol–water partition coefficient (Wildman–Crippen LogP) is 2.29. The third-order valence-electron chi connectivity index (χ3n) is 4.85. The number of rotatable bonds is 3.